The van der Waals surface area contributed by atoms with Gasteiger partial charge in [0.15, 0.2) is 10.0 Å². The van der Waals surface area contributed by atoms with E-state index in [0.717, 1.165) is 63.4 Å². The van der Waals surface area contributed by atoms with E-state index in [1.807, 2.05) is 55.4 Å². The second-order valence-electron chi connectivity index (χ2n) is 17.1. The molecule has 0 aliphatic heterocycles. The molecule has 4 unspecified atom stereocenters. The second kappa shape index (κ2) is 42.3. The molecular weight excluding hydrogens is 887 g/mol. The van der Waals surface area contributed by atoms with Gasteiger partial charge in [-0.05, 0) is 88.2 Å². The van der Waals surface area contributed by atoms with Crippen molar-refractivity contribution < 1.29 is 83.3 Å². The van der Waals surface area contributed by atoms with Gasteiger partial charge in [0, 0.05) is 6.61 Å². The smallest absolute Gasteiger partial charge is 0.534 e. The SMILES string of the molecule is CCC(C)c1ccc(C(=O)[N-]S(=O)(=O)C(F)(F)F)cc1.CCCC(C)(CC)C(=O)OCCCC(C)C.CCCCCCCCOC(=O)C(C)CC.CCOCCOCCOC(=O)C(C)CC.[Li+]. The summed E-state index contributed by atoms with van der Waals surface area (Å²) in [5, 5.41) is 0. The number of sulfonamides is 1. The zero-order chi connectivity index (χ0) is 51.2. The molecule has 0 saturated heterocycles. The maximum atomic E-state index is 12.1. The van der Waals surface area contributed by atoms with Gasteiger partial charge in [-0.25, -0.2) is 8.42 Å². The first-order valence-corrected chi connectivity index (χ1v) is 25.8. The Labute approximate surface area is 416 Å². The molecule has 17 heteroatoms. The van der Waals surface area contributed by atoms with Crippen LogP contribution in [0, 0.1) is 23.2 Å². The summed E-state index contributed by atoms with van der Waals surface area (Å²) in [6, 6.07) is 5.66. The van der Waals surface area contributed by atoms with E-state index in [-0.39, 0.29) is 65.5 Å². The molecule has 12 nitrogen and oxygen atoms in total. The van der Waals surface area contributed by atoms with Gasteiger partial charge in [-0.15, -0.1) is 0 Å². The Bertz CT molecular complexity index is 1480. The summed E-state index contributed by atoms with van der Waals surface area (Å²) in [7, 11) is -5.80. The predicted octanol–water partition coefficient (Wildman–Crippen LogP) is 10.3. The maximum absolute atomic E-state index is 12.1. The van der Waals surface area contributed by atoms with Crippen LogP contribution in [0.1, 0.15) is 202 Å². The number of unbranched alkanes of at least 4 members (excludes halogenated alkanes) is 5. The normalized spacial score (nSPS) is 13.3. The number of benzene rings is 1. The van der Waals surface area contributed by atoms with Crippen molar-refractivity contribution in [2.24, 2.45) is 23.2 Å². The van der Waals surface area contributed by atoms with Crippen molar-refractivity contribution in [2.75, 3.05) is 46.2 Å². The number of amides is 1. The average Bonchev–Trinajstić information content (AvgIpc) is 3.28. The van der Waals surface area contributed by atoms with E-state index in [2.05, 4.69) is 39.3 Å². The van der Waals surface area contributed by atoms with Crippen molar-refractivity contribution >= 4 is 33.8 Å². The van der Waals surface area contributed by atoms with Crippen molar-refractivity contribution in [3.05, 3.63) is 40.1 Å². The van der Waals surface area contributed by atoms with Gasteiger partial charge in [-0.1, -0.05) is 139 Å². The van der Waals surface area contributed by atoms with Gasteiger partial charge in [-0.3, -0.25) is 14.4 Å². The van der Waals surface area contributed by atoms with E-state index in [9.17, 15) is 40.8 Å². The summed E-state index contributed by atoms with van der Waals surface area (Å²) in [5.41, 5.74) is -5.14. The summed E-state index contributed by atoms with van der Waals surface area (Å²) in [5.74, 6) is -0.670. The Morgan fingerprint density at radius 1 is 0.627 bits per heavy atom. The topological polar surface area (TPSA) is 163 Å². The third kappa shape index (κ3) is 36.0. The van der Waals surface area contributed by atoms with Gasteiger partial charge in [-0.2, -0.15) is 13.2 Å². The quantitative estimate of drug-likeness (QED) is 0.0312. The molecule has 4 atom stereocenters. The summed E-state index contributed by atoms with van der Waals surface area (Å²) in [6.07, 6.45) is 14.9. The van der Waals surface area contributed by atoms with Gasteiger partial charge in [0.25, 0.3) is 0 Å². The molecule has 0 aromatic heterocycles. The van der Waals surface area contributed by atoms with E-state index < -0.39 is 21.4 Å². The van der Waals surface area contributed by atoms with Gasteiger partial charge >= 0.3 is 42.3 Å². The first kappa shape index (κ1) is 70.9. The van der Waals surface area contributed by atoms with Crippen LogP contribution in [0.15, 0.2) is 24.3 Å². The molecule has 0 heterocycles. The van der Waals surface area contributed by atoms with Crippen LogP contribution in [0.2, 0.25) is 0 Å². The molecule has 0 aliphatic carbocycles. The second-order valence-corrected chi connectivity index (χ2v) is 18.7. The fraction of sp³-hybridized carbons (Fsp3) is 0.800. The van der Waals surface area contributed by atoms with E-state index in [0.29, 0.717) is 52.2 Å². The number of ether oxygens (including phenoxy) is 5. The average molecular weight is 976 g/mol. The van der Waals surface area contributed by atoms with Crippen LogP contribution in [0.4, 0.5) is 13.2 Å². The zero-order valence-electron chi connectivity index (χ0n) is 43.9. The van der Waals surface area contributed by atoms with Crippen LogP contribution in [-0.2, 0) is 48.1 Å². The standard InChI is InChI=1S/C14H28O2.C13H26O2.C12H14F3NO3S.C11H22O4.Li/c1-6-10-14(5,7-2)13(15)16-11-8-9-12(3)4;1-4-6-7-8-9-10-11-15-13(14)12(3)5-2;1-3-8(2)9-4-6-10(7-5-9)11(17)16-20(18,19)12(13,14)15;1-4-10(3)11(12)15-9-8-14-7-6-13-5-2;/h12H,6-11H2,1-5H3;12H,4-11H2,1-3H3;4-8H,3H2,1-2H3,(H,16,17);10H,4-9H2,1-3H3;/q;;;;+1/p-1. The Morgan fingerprint density at radius 2 is 1.12 bits per heavy atom. The molecule has 1 amide bonds. The molecule has 0 N–H and O–H groups in total. The molecule has 0 spiro atoms. The molecule has 388 valence electrons. The van der Waals surface area contributed by atoms with Crippen LogP contribution in [0.5, 0.6) is 0 Å². The molecule has 0 radical (unpaired) electrons. The van der Waals surface area contributed by atoms with Crippen molar-refractivity contribution in [1.29, 1.82) is 0 Å². The number of hydrogen-bond donors (Lipinski definition) is 0. The van der Waals surface area contributed by atoms with Crippen molar-refractivity contribution in [3.63, 3.8) is 0 Å². The zero-order valence-corrected chi connectivity index (χ0v) is 44.8. The first-order chi connectivity index (χ1) is 31.0. The van der Waals surface area contributed by atoms with Crippen molar-refractivity contribution in [1.82, 2.24) is 0 Å². The number of rotatable bonds is 30. The molecule has 1 aromatic carbocycles. The number of alkyl halides is 3. The monoisotopic (exact) mass is 976 g/mol. The summed E-state index contributed by atoms with van der Waals surface area (Å²) in [4.78, 5) is 45.8. The fourth-order valence-electron chi connectivity index (χ4n) is 5.45. The number of hydrogen-bond acceptors (Lipinski definition) is 11. The van der Waals surface area contributed by atoms with Crippen molar-refractivity contribution in [2.45, 2.75) is 191 Å². The minimum atomic E-state index is -5.80. The minimum absolute atomic E-state index is 0. The van der Waals surface area contributed by atoms with Crippen LogP contribution < -0.4 is 18.9 Å². The fourth-order valence-corrected chi connectivity index (χ4v) is 5.87. The van der Waals surface area contributed by atoms with E-state index in [1.165, 1.54) is 44.2 Å². The van der Waals surface area contributed by atoms with Crippen LogP contribution >= 0.6 is 0 Å². The molecule has 0 bridgehead atoms. The maximum Gasteiger partial charge on any atom is 1.00 e. The van der Waals surface area contributed by atoms with Gasteiger partial charge < -0.3 is 33.2 Å². The largest absolute Gasteiger partial charge is 1.00 e. The number of esters is 3. The Balaban J connectivity index is -0.000000396. The van der Waals surface area contributed by atoms with E-state index >= 15 is 0 Å². The van der Waals surface area contributed by atoms with Crippen LogP contribution in [0.25, 0.3) is 4.72 Å². The molecule has 0 saturated carbocycles. The van der Waals surface area contributed by atoms with Crippen LogP contribution in [-0.4, -0.2) is 84.0 Å². The Kier molecular flexibility index (Phi) is 44.7. The molecular formula is C50H89F3LiNO11S. The summed E-state index contributed by atoms with van der Waals surface area (Å²) < 4.78 is 85.8. The predicted molar refractivity (Wildman–Crippen MR) is 258 cm³/mol. The molecule has 0 fully saturated rings. The van der Waals surface area contributed by atoms with Gasteiger partial charge in [0.2, 0.25) is 0 Å². The third-order valence-electron chi connectivity index (χ3n) is 10.9. The Morgan fingerprint density at radius 3 is 1.58 bits per heavy atom. The van der Waals surface area contributed by atoms with E-state index in [1.54, 1.807) is 12.1 Å². The molecule has 1 rings (SSSR count). The van der Waals surface area contributed by atoms with Gasteiger partial charge in [0.1, 0.15) is 6.61 Å². The number of nitrogens with zero attached hydrogens (tertiary/aromatic N) is 1. The molecule has 1 aromatic rings. The summed E-state index contributed by atoms with van der Waals surface area (Å²) >= 11 is 0. The molecule has 67 heavy (non-hydrogen) atoms. The van der Waals surface area contributed by atoms with Gasteiger partial charge in [0.05, 0.1) is 56.2 Å². The van der Waals surface area contributed by atoms with E-state index in [4.69, 9.17) is 23.7 Å². The number of halogens is 3. The number of carbonyl (C=O) groups is 4. The minimum Gasteiger partial charge on any atom is -0.534 e. The van der Waals surface area contributed by atoms with Crippen molar-refractivity contribution in [3.8, 4) is 0 Å². The third-order valence-corrected chi connectivity index (χ3v) is 11.9. The summed E-state index contributed by atoms with van der Waals surface area (Å²) in [6.45, 7) is 30.2. The molecule has 0 aliphatic rings. The number of carbonyl (C=O) groups excluding carboxylic acids is 4. The first-order valence-electron chi connectivity index (χ1n) is 24.3. The van der Waals surface area contributed by atoms with Crippen LogP contribution in [0.3, 0.4) is 0 Å². The Hall–Kier alpha value is -2.64.